The molecular weight excluding hydrogens is 362 g/mol. The van der Waals surface area contributed by atoms with Crippen molar-refractivity contribution < 1.29 is 9.72 Å². The summed E-state index contributed by atoms with van der Waals surface area (Å²) in [6.45, 7) is 7.50. The monoisotopic (exact) mass is 387 g/mol. The molecule has 1 amide bonds. The Hall–Kier alpha value is -2.25. The van der Waals surface area contributed by atoms with Gasteiger partial charge < -0.3 is 5.32 Å². The summed E-state index contributed by atoms with van der Waals surface area (Å²) in [4.78, 5) is 26.3. The second-order valence-electron chi connectivity index (χ2n) is 7.22. The van der Waals surface area contributed by atoms with E-state index in [2.05, 4.69) is 23.2 Å². The van der Waals surface area contributed by atoms with E-state index < -0.39 is 4.92 Å². The maximum atomic E-state index is 12.4. The molecule has 0 aliphatic carbocycles. The van der Waals surface area contributed by atoms with Gasteiger partial charge in [-0.1, -0.05) is 31.2 Å². The number of piperidine rings is 1. The average Bonchev–Trinajstić information content (AvgIpc) is 3.05. The minimum absolute atomic E-state index is 0.00452. The number of carbonyl (C=O) groups excluding carboxylic acids is 1. The summed E-state index contributed by atoms with van der Waals surface area (Å²) in [5, 5.41) is 13.9. The minimum Gasteiger partial charge on any atom is -0.347 e. The molecule has 0 bridgehead atoms. The SMILES string of the molecule is Cc1sc(C(=O)NCc2ccccc2CN2CCC(C)CC2)cc1[N+](=O)[O-]. The van der Waals surface area contributed by atoms with Crippen LogP contribution in [0.2, 0.25) is 0 Å². The first-order chi connectivity index (χ1) is 12.9. The van der Waals surface area contributed by atoms with Crippen molar-refractivity contribution in [3.63, 3.8) is 0 Å². The maximum Gasteiger partial charge on any atom is 0.283 e. The summed E-state index contributed by atoms with van der Waals surface area (Å²) in [5.74, 6) is 0.534. The molecule has 0 saturated carbocycles. The number of nitro groups is 1. The molecule has 0 radical (unpaired) electrons. The zero-order valence-electron chi connectivity index (χ0n) is 15.7. The summed E-state index contributed by atoms with van der Waals surface area (Å²) in [7, 11) is 0. The third kappa shape index (κ3) is 4.93. The number of nitrogens with one attached hydrogen (secondary N) is 1. The van der Waals surface area contributed by atoms with Gasteiger partial charge in [-0.2, -0.15) is 0 Å². The highest BCUT2D eigenvalue weighted by molar-refractivity contribution is 7.14. The molecule has 27 heavy (non-hydrogen) atoms. The molecule has 1 N–H and O–H groups in total. The molecule has 0 spiro atoms. The number of hydrogen-bond donors (Lipinski definition) is 1. The molecule has 0 atom stereocenters. The van der Waals surface area contributed by atoms with Gasteiger partial charge in [0.25, 0.3) is 11.6 Å². The van der Waals surface area contributed by atoms with Crippen LogP contribution in [0.15, 0.2) is 30.3 Å². The van der Waals surface area contributed by atoms with E-state index in [1.807, 2.05) is 18.2 Å². The largest absolute Gasteiger partial charge is 0.347 e. The Kier molecular flexibility index (Phi) is 6.23. The second-order valence-corrected chi connectivity index (χ2v) is 8.48. The number of rotatable bonds is 6. The van der Waals surface area contributed by atoms with E-state index in [0.717, 1.165) is 42.5 Å². The van der Waals surface area contributed by atoms with Gasteiger partial charge in [0.1, 0.15) is 0 Å². The first kappa shape index (κ1) is 19.5. The van der Waals surface area contributed by atoms with Gasteiger partial charge in [-0.25, -0.2) is 0 Å². The quantitative estimate of drug-likeness (QED) is 0.597. The Bertz CT molecular complexity index is 826. The van der Waals surface area contributed by atoms with Crippen molar-refractivity contribution in [2.75, 3.05) is 13.1 Å². The van der Waals surface area contributed by atoms with Gasteiger partial charge in [-0.15, -0.1) is 11.3 Å². The number of carbonyl (C=O) groups is 1. The molecule has 1 aliphatic rings. The topological polar surface area (TPSA) is 75.5 Å². The molecule has 1 aromatic heterocycles. The van der Waals surface area contributed by atoms with Crippen LogP contribution in [0.3, 0.4) is 0 Å². The van der Waals surface area contributed by atoms with Crippen molar-refractivity contribution >= 4 is 22.9 Å². The molecule has 1 aliphatic heterocycles. The van der Waals surface area contributed by atoms with Crippen LogP contribution >= 0.6 is 11.3 Å². The van der Waals surface area contributed by atoms with E-state index in [9.17, 15) is 14.9 Å². The normalized spacial score (nSPS) is 15.6. The summed E-state index contributed by atoms with van der Waals surface area (Å²) in [6, 6.07) is 9.50. The van der Waals surface area contributed by atoms with E-state index in [0.29, 0.717) is 16.3 Å². The number of nitrogens with zero attached hydrogens (tertiary/aromatic N) is 2. The first-order valence-electron chi connectivity index (χ1n) is 9.26. The second kappa shape index (κ2) is 8.63. The summed E-state index contributed by atoms with van der Waals surface area (Å²) >= 11 is 1.16. The molecule has 2 heterocycles. The number of benzene rings is 1. The predicted octanol–water partition coefficient (Wildman–Crippen LogP) is 4.13. The zero-order valence-corrected chi connectivity index (χ0v) is 16.6. The number of amides is 1. The Morgan fingerprint density at radius 3 is 2.59 bits per heavy atom. The third-order valence-electron chi connectivity index (χ3n) is 5.14. The molecule has 6 nitrogen and oxygen atoms in total. The van der Waals surface area contributed by atoms with Crippen LogP contribution in [-0.2, 0) is 13.1 Å². The fourth-order valence-electron chi connectivity index (χ4n) is 3.37. The highest BCUT2D eigenvalue weighted by atomic mass is 32.1. The van der Waals surface area contributed by atoms with E-state index in [1.54, 1.807) is 6.92 Å². The summed E-state index contributed by atoms with van der Waals surface area (Å²) < 4.78 is 0. The number of aryl methyl sites for hydroxylation is 1. The molecule has 3 rings (SSSR count). The van der Waals surface area contributed by atoms with Gasteiger partial charge in [0.2, 0.25) is 0 Å². The average molecular weight is 388 g/mol. The fourth-order valence-corrected chi connectivity index (χ4v) is 4.28. The van der Waals surface area contributed by atoms with E-state index >= 15 is 0 Å². The molecule has 144 valence electrons. The van der Waals surface area contributed by atoms with Crippen molar-refractivity contribution in [2.45, 2.75) is 39.8 Å². The first-order valence-corrected chi connectivity index (χ1v) is 10.1. The van der Waals surface area contributed by atoms with Crippen LogP contribution in [0, 0.1) is 23.0 Å². The number of thiophene rings is 1. The summed E-state index contributed by atoms with van der Waals surface area (Å²) in [5.41, 5.74) is 2.32. The van der Waals surface area contributed by atoms with Crippen LogP contribution in [0.1, 0.15) is 45.4 Å². The van der Waals surface area contributed by atoms with Gasteiger partial charge in [-0.3, -0.25) is 19.8 Å². The van der Waals surface area contributed by atoms with Crippen molar-refractivity contribution in [1.82, 2.24) is 10.2 Å². The predicted molar refractivity (Wildman–Crippen MR) is 107 cm³/mol. The van der Waals surface area contributed by atoms with Gasteiger partial charge >= 0.3 is 0 Å². The molecule has 0 unspecified atom stereocenters. The van der Waals surface area contributed by atoms with Crippen LogP contribution in [-0.4, -0.2) is 28.8 Å². The molecule has 2 aromatic rings. The number of hydrogen-bond acceptors (Lipinski definition) is 5. The van der Waals surface area contributed by atoms with Gasteiger partial charge in [-0.05, 0) is 49.9 Å². The Morgan fingerprint density at radius 1 is 1.30 bits per heavy atom. The lowest BCUT2D eigenvalue weighted by Crippen LogP contribution is -2.33. The Balaban J connectivity index is 1.63. The highest BCUT2D eigenvalue weighted by Gasteiger charge is 2.20. The minimum atomic E-state index is -0.447. The van der Waals surface area contributed by atoms with Crippen molar-refractivity contribution in [2.24, 2.45) is 5.92 Å². The van der Waals surface area contributed by atoms with Crippen molar-refractivity contribution in [3.05, 3.63) is 61.3 Å². The molecule has 1 saturated heterocycles. The highest BCUT2D eigenvalue weighted by Crippen LogP contribution is 2.28. The summed E-state index contributed by atoms with van der Waals surface area (Å²) in [6.07, 6.45) is 2.46. The smallest absolute Gasteiger partial charge is 0.283 e. The fraction of sp³-hybridized carbons (Fsp3) is 0.450. The third-order valence-corrected chi connectivity index (χ3v) is 6.18. The van der Waals surface area contributed by atoms with Crippen molar-refractivity contribution in [1.29, 1.82) is 0 Å². The standard InChI is InChI=1S/C20H25N3O3S/c1-14-7-9-22(10-8-14)13-17-6-4-3-5-16(17)12-21-20(24)19-11-18(23(25)26)15(2)27-19/h3-6,11,14H,7-10,12-13H2,1-2H3,(H,21,24). The maximum absolute atomic E-state index is 12.4. The van der Waals surface area contributed by atoms with E-state index in [-0.39, 0.29) is 11.6 Å². The van der Waals surface area contributed by atoms with Crippen LogP contribution in [0.25, 0.3) is 0 Å². The van der Waals surface area contributed by atoms with Crippen LogP contribution < -0.4 is 5.32 Å². The van der Waals surface area contributed by atoms with Gasteiger partial charge in [0.05, 0.1) is 14.7 Å². The van der Waals surface area contributed by atoms with Crippen LogP contribution in [0.4, 0.5) is 5.69 Å². The van der Waals surface area contributed by atoms with E-state index in [4.69, 9.17) is 0 Å². The molecule has 1 aromatic carbocycles. The molecular formula is C20H25N3O3S. The molecule has 7 heteroatoms. The lowest BCUT2D eigenvalue weighted by atomic mass is 9.98. The van der Waals surface area contributed by atoms with E-state index in [1.165, 1.54) is 24.5 Å². The van der Waals surface area contributed by atoms with Gasteiger partial charge in [0.15, 0.2) is 0 Å². The van der Waals surface area contributed by atoms with Crippen molar-refractivity contribution in [3.8, 4) is 0 Å². The molecule has 1 fully saturated rings. The Morgan fingerprint density at radius 2 is 1.96 bits per heavy atom. The lowest BCUT2D eigenvalue weighted by molar-refractivity contribution is -0.385. The lowest BCUT2D eigenvalue weighted by Gasteiger charge is -2.30. The van der Waals surface area contributed by atoms with Gasteiger partial charge in [0, 0.05) is 19.2 Å². The van der Waals surface area contributed by atoms with Crippen LogP contribution in [0.5, 0.6) is 0 Å². The zero-order chi connectivity index (χ0) is 19.4. The number of likely N-dealkylation sites (tertiary alicyclic amines) is 1. The Labute approximate surface area is 163 Å².